The summed E-state index contributed by atoms with van der Waals surface area (Å²) in [6.07, 6.45) is 0.219. The van der Waals surface area contributed by atoms with E-state index in [2.05, 4.69) is 22.5 Å². The number of hydrogen-bond donors (Lipinski definition) is 1. The maximum absolute atomic E-state index is 12.5. The van der Waals surface area contributed by atoms with E-state index in [1.54, 1.807) is 4.90 Å². The summed E-state index contributed by atoms with van der Waals surface area (Å²) in [5.74, 6) is 0.423. The van der Waals surface area contributed by atoms with Gasteiger partial charge >= 0.3 is 0 Å². The first-order valence-electron chi connectivity index (χ1n) is 10.4. The second-order valence-corrected chi connectivity index (χ2v) is 7.62. The molecule has 2 aromatic carbocycles. The summed E-state index contributed by atoms with van der Waals surface area (Å²) in [7, 11) is 0. The van der Waals surface area contributed by atoms with E-state index in [1.165, 1.54) is 5.56 Å². The Hall–Kier alpha value is -3.61. The van der Waals surface area contributed by atoms with Crippen molar-refractivity contribution in [3.05, 3.63) is 77.1 Å². The molecular weight excluding hydrogens is 392 g/mol. The van der Waals surface area contributed by atoms with Gasteiger partial charge < -0.3 is 15.0 Å². The van der Waals surface area contributed by atoms with Gasteiger partial charge in [0.25, 0.3) is 5.91 Å². The van der Waals surface area contributed by atoms with Crippen molar-refractivity contribution in [2.75, 3.05) is 18.1 Å². The highest BCUT2D eigenvalue weighted by atomic mass is 16.5. The third-order valence-electron chi connectivity index (χ3n) is 5.54. The normalized spacial score (nSPS) is 13.0. The van der Waals surface area contributed by atoms with Gasteiger partial charge in [-0.2, -0.15) is 5.10 Å². The fourth-order valence-corrected chi connectivity index (χ4v) is 3.79. The molecule has 3 aromatic rings. The van der Waals surface area contributed by atoms with E-state index >= 15 is 0 Å². The van der Waals surface area contributed by atoms with Gasteiger partial charge in [-0.3, -0.25) is 14.3 Å². The first kappa shape index (κ1) is 20.7. The summed E-state index contributed by atoms with van der Waals surface area (Å²) >= 11 is 0. The van der Waals surface area contributed by atoms with Gasteiger partial charge in [0.05, 0.1) is 17.9 Å². The summed E-state index contributed by atoms with van der Waals surface area (Å²) < 4.78 is 7.42. The molecule has 7 nitrogen and oxygen atoms in total. The average molecular weight is 418 g/mol. The highest BCUT2D eigenvalue weighted by molar-refractivity contribution is 5.98. The van der Waals surface area contributed by atoms with Crippen molar-refractivity contribution in [3.8, 4) is 5.75 Å². The molecule has 1 N–H and O–H groups in total. The topological polar surface area (TPSA) is 76.5 Å². The largest absolute Gasteiger partial charge is 0.482 e. The lowest BCUT2D eigenvalue weighted by Gasteiger charge is -2.29. The molecular formula is C24H26N4O3. The number of para-hydroxylation sites is 2. The molecule has 1 aliphatic heterocycles. The quantitative estimate of drug-likeness (QED) is 0.640. The molecule has 4 rings (SSSR count). The first-order chi connectivity index (χ1) is 15.0. The van der Waals surface area contributed by atoms with Crippen LogP contribution in [0.3, 0.4) is 0 Å². The molecule has 0 fully saturated rings. The lowest BCUT2D eigenvalue weighted by molar-refractivity contribution is -0.122. The molecule has 0 radical (unpaired) electrons. The Labute approximate surface area is 181 Å². The number of nitrogens with one attached hydrogen (secondary N) is 1. The van der Waals surface area contributed by atoms with Crippen molar-refractivity contribution < 1.29 is 14.3 Å². The van der Waals surface area contributed by atoms with Gasteiger partial charge in [0.2, 0.25) is 5.91 Å². The molecule has 160 valence electrons. The van der Waals surface area contributed by atoms with E-state index in [0.717, 1.165) is 17.0 Å². The zero-order valence-corrected chi connectivity index (χ0v) is 17.8. The number of carbonyl (C=O) groups excluding carboxylic acids is 2. The molecule has 2 heterocycles. The van der Waals surface area contributed by atoms with Crippen LogP contribution in [-0.4, -0.2) is 34.7 Å². The molecule has 0 aliphatic carbocycles. The van der Waals surface area contributed by atoms with E-state index in [4.69, 9.17) is 4.74 Å². The van der Waals surface area contributed by atoms with Crippen LogP contribution in [-0.2, 0) is 22.7 Å². The number of fused-ring (bicyclic) bond motifs is 1. The number of carbonyl (C=O) groups is 2. The Morgan fingerprint density at radius 2 is 1.84 bits per heavy atom. The molecule has 0 bridgehead atoms. The predicted octanol–water partition coefficient (Wildman–Crippen LogP) is 2.98. The van der Waals surface area contributed by atoms with Gasteiger partial charge in [0.1, 0.15) is 5.75 Å². The van der Waals surface area contributed by atoms with Crippen LogP contribution in [0.25, 0.3) is 0 Å². The molecule has 1 aromatic heterocycles. The third kappa shape index (κ3) is 4.60. The Morgan fingerprint density at radius 1 is 1.10 bits per heavy atom. The predicted molar refractivity (Wildman–Crippen MR) is 118 cm³/mol. The summed E-state index contributed by atoms with van der Waals surface area (Å²) in [5, 5.41) is 7.61. The number of hydrogen-bond acceptors (Lipinski definition) is 4. The average Bonchev–Trinajstić information content (AvgIpc) is 3.04. The van der Waals surface area contributed by atoms with Gasteiger partial charge in [-0.25, -0.2) is 0 Å². The van der Waals surface area contributed by atoms with Crippen molar-refractivity contribution in [2.24, 2.45) is 0 Å². The number of anilines is 1. The molecule has 0 saturated carbocycles. The third-order valence-corrected chi connectivity index (χ3v) is 5.54. The standard InChI is InChI=1S/C24H26N4O3/c1-17-20(18(2)28(26-17)15-19-8-4-3-5-9-19)14-25-23(29)12-13-27-21-10-6-7-11-22(21)31-16-24(27)30/h3-11H,12-16H2,1-2H3,(H,25,29). The summed E-state index contributed by atoms with van der Waals surface area (Å²) in [6, 6.07) is 17.5. The number of nitrogens with zero attached hydrogens (tertiary/aromatic N) is 3. The molecule has 2 amide bonds. The van der Waals surface area contributed by atoms with Crippen LogP contribution >= 0.6 is 0 Å². The van der Waals surface area contributed by atoms with Crippen molar-refractivity contribution in [1.29, 1.82) is 0 Å². The van der Waals surface area contributed by atoms with Gasteiger partial charge in [-0.1, -0.05) is 42.5 Å². The SMILES string of the molecule is Cc1nn(Cc2ccccc2)c(C)c1CNC(=O)CCN1C(=O)COc2ccccc21. The fourth-order valence-electron chi connectivity index (χ4n) is 3.79. The van der Waals surface area contributed by atoms with Crippen LogP contribution in [0.5, 0.6) is 5.75 Å². The zero-order chi connectivity index (χ0) is 21.8. The van der Waals surface area contributed by atoms with E-state index in [0.29, 0.717) is 31.1 Å². The van der Waals surface area contributed by atoms with Crippen LogP contribution in [0, 0.1) is 13.8 Å². The van der Waals surface area contributed by atoms with Gasteiger partial charge in [0.15, 0.2) is 6.61 Å². The van der Waals surface area contributed by atoms with E-state index in [1.807, 2.05) is 61.0 Å². The second kappa shape index (κ2) is 9.04. The summed E-state index contributed by atoms with van der Waals surface area (Å²) in [6.45, 7) is 5.40. The highest BCUT2D eigenvalue weighted by Gasteiger charge is 2.25. The molecule has 1 aliphatic rings. The lowest BCUT2D eigenvalue weighted by atomic mass is 10.2. The molecule has 0 atom stereocenters. The summed E-state index contributed by atoms with van der Waals surface area (Å²) in [4.78, 5) is 26.4. The van der Waals surface area contributed by atoms with Crippen molar-refractivity contribution in [1.82, 2.24) is 15.1 Å². The molecule has 7 heteroatoms. The maximum Gasteiger partial charge on any atom is 0.265 e. The molecule has 0 spiro atoms. The Balaban J connectivity index is 1.35. The van der Waals surface area contributed by atoms with Gasteiger partial charge in [0, 0.05) is 30.8 Å². The van der Waals surface area contributed by atoms with Crippen LogP contribution in [0.4, 0.5) is 5.69 Å². The minimum absolute atomic E-state index is 0.00236. The Kier molecular flexibility index (Phi) is 6.02. The van der Waals surface area contributed by atoms with E-state index in [9.17, 15) is 9.59 Å². The van der Waals surface area contributed by atoms with Gasteiger partial charge in [-0.15, -0.1) is 0 Å². The second-order valence-electron chi connectivity index (χ2n) is 7.62. The van der Waals surface area contributed by atoms with E-state index < -0.39 is 0 Å². The Morgan fingerprint density at radius 3 is 2.65 bits per heavy atom. The zero-order valence-electron chi connectivity index (χ0n) is 17.8. The van der Waals surface area contributed by atoms with Crippen molar-refractivity contribution in [3.63, 3.8) is 0 Å². The maximum atomic E-state index is 12.5. The van der Waals surface area contributed by atoms with Crippen LogP contribution in [0.1, 0.15) is 28.9 Å². The first-order valence-corrected chi connectivity index (χ1v) is 10.4. The number of aryl methyl sites for hydroxylation is 1. The molecule has 0 unspecified atom stereocenters. The van der Waals surface area contributed by atoms with E-state index in [-0.39, 0.29) is 24.8 Å². The number of ether oxygens (including phenoxy) is 1. The van der Waals surface area contributed by atoms with Crippen molar-refractivity contribution in [2.45, 2.75) is 33.4 Å². The minimum Gasteiger partial charge on any atom is -0.482 e. The molecule has 31 heavy (non-hydrogen) atoms. The summed E-state index contributed by atoms with van der Waals surface area (Å²) in [5.41, 5.74) is 4.86. The smallest absolute Gasteiger partial charge is 0.265 e. The van der Waals surface area contributed by atoms with Crippen LogP contribution < -0.4 is 15.0 Å². The number of aromatic nitrogens is 2. The highest BCUT2D eigenvalue weighted by Crippen LogP contribution is 2.31. The fraction of sp³-hybridized carbons (Fsp3) is 0.292. The number of amides is 2. The minimum atomic E-state index is -0.139. The van der Waals surface area contributed by atoms with Gasteiger partial charge in [-0.05, 0) is 31.5 Å². The monoisotopic (exact) mass is 418 g/mol. The molecule has 0 saturated heterocycles. The van der Waals surface area contributed by atoms with Crippen LogP contribution in [0.2, 0.25) is 0 Å². The Bertz CT molecular complexity index is 1090. The lowest BCUT2D eigenvalue weighted by Crippen LogP contribution is -2.41. The number of rotatable bonds is 7. The van der Waals surface area contributed by atoms with Crippen molar-refractivity contribution >= 4 is 17.5 Å². The number of benzene rings is 2. The van der Waals surface area contributed by atoms with Crippen LogP contribution in [0.15, 0.2) is 54.6 Å².